The summed E-state index contributed by atoms with van der Waals surface area (Å²) in [4.78, 5) is 26.5. The molecule has 1 aliphatic rings. The number of rotatable bonds is 4. The van der Waals surface area contributed by atoms with Crippen LogP contribution in [0.25, 0.3) is 0 Å². The molecule has 1 amide bonds. The van der Waals surface area contributed by atoms with Gasteiger partial charge in [-0.25, -0.2) is 4.79 Å². The zero-order valence-corrected chi connectivity index (χ0v) is 14.5. The average molecular weight is 372 g/mol. The number of nitrogens with two attached hydrogens (primary N) is 1. The lowest BCUT2D eigenvalue weighted by Gasteiger charge is -2.23. The van der Waals surface area contributed by atoms with E-state index in [1.165, 1.54) is 41.3 Å². The zero-order valence-electron chi connectivity index (χ0n) is 14.5. The van der Waals surface area contributed by atoms with Crippen molar-refractivity contribution in [1.82, 2.24) is 4.90 Å². The molecule has 1 fully saturated rings. The van der Waals surface area contributed by atoms with Gasteiger partial charge in [0.25, 0.3) is 0 Å². The number of phenolic OH excluding ortho intramolecular Hbond substituents is 3. The Morgan fingerprint density at radius 1 is 1.07 bits per heavy atom. The summed E-state index contributed by atoms with van der Waals surface area (Å²) in [5.74, 6) is -1.78. The van der Waals surface area contributed by atoms with Crippen LogP contribution in [0.15, 0.2) is 36.4 Å². The van der Waals surface area contributed by atoms with Crippen molar-refractivity contribution in [1.29, 1.82) is 0 Å². The largest absolute Gasteiger partial charge is 0.504 e. The van der Waals surface area contributed by atoms with Gasteiger partial charge in [0.2, 0.25) is 5.91 Å². The molecule has 0 saturated carbocycles. The van der Waals surface area contributed by atoms with Crippen LogP contribution in [-0.4, -0.2) is 44.7 Å². The van der Waals surface area contributed by atoms with Gasteiger partial charge in [-0.05, 0) is 42.7 Å². The molecular weight excluding hydrogens is 352 g/mol. The molecule has 3 rings (SSSR count). The highest BCUT2D eigenvalue weighted by Crippen LogP contribution is 2.30. The van der Waals surface area contributed by atoms with Gasteiger partial charge in [0.15, 0.2) is 23.0 Å². The fourth-order valence-corrected chi connectivity index (χ4v) is 3.05. The van der Waals surface area contributed by atoms with Gasteiger partial charge >= 0.3 is 5.97 Å². The first-order chi connectivity index (χ1) is 12.8. The minimum Gasteiger partial charge on any atom is -0.504 e. The minimum absolute atomic E-state index is 0.0266. The fraction of sp³-hybridized carbons (Fsp3) is 0.263. The Morgan fingerprint density at radius 2 is 1.81 bits per heavy atom. The van der Waals surface area contributed by atoms with E-state index in [1.54, 1.807) is 0 Å². The number of likely N-dealkylation sites (tertiary alicyclic amines) is 1. The number of anilines is 1. The first-order valence-electron chi connectivity index (χ1n) is 8.45. The van der Waals surface area contributed by atoms with E-state index in [0.29, 0.717) is 30.6 Å². The predicted octanol–water partition coefficient (Wildman–Crippen LogP) is 1.52. The van der Waals surface area contributed by atoms with E-state index < -0.39 is 12.0 Å². The number of esters is 1. The third-order valence-corrected chi connectivity index (χ3v) is 4.43. The lowest BCUT2D eigenvalue weighted by molar-refractivity contribution is -0.146. The van der Waals surface area contributed by atoms with E-state index in [1.807, 2.05) is 0 Å². The fourth-order valence-electron chi connectivity index (χ4n) is 3.05. The summed E-state index contributed by atoms with van der Waals surface area (Å²) in [6.07, 6.45) is 1.07. The van der Waals surface area contributed by atoms with Crippen LogP contribution >= 0.6 is 0 Å². The predicted molar refractivity (Wildman–Crippen MR) is 96.4 cm³/mol. The van der Waals surface area contributed by atoms with Crippen molar-refractivity contribution in [3.05, 3.63) is 42.0 Å². The van der Waals surface area contributed by atoms with Crippen LogP contribution in [0.2, 0.25) is 0 Å². The Kier molecular flexibility index (Phi) is 5.07. The molecule has 0 radical (unpaired) electrons. The normalized spacial score (nSPS) is 16.3. The third-order valence-electron chi connectivity index (χ3n) is 4.43. The first kappa shape index (κ1) is 18.4. The van der Waals surface area contributed by atoms with Crippen LogP contribution in [0.3, 0.4) is 0 Å². The minimum atomic E-state index is -0.760. The Balaban J connectivity index is 1.70. The van der Waals surface area contributed by atoms with Gasteiger partial charge in [-0.15, -0.1) is 0 Å². The molecule has 1 heterocycles. The number of hydrogen-bond acceptors (Lipinski definition) is 7. The van der Waals surface area contributed by atoms with Crippen LogP contribution in [0.4, 0.5) is 5.69 Å². The molecule has 8 nitrogen and oxygen atoms in total. The van der Waals surface area contributed by atoms with Gasteiger partial charge in [0, 0.05) is 18.3 Å². The number of ether oxygens (including phenoxy) is 1. The van der Waals surface area contributed by atoms with Gasteiger partial charge in [0.1, 0.15) is 6.04 Å². The molecule has 0 spiro atoms. The summed E-state index contributed by atoms with van der Waals surface area (Å²) >= 11 is 0. The van der Waals surface area contributed by atoms with Gasteiger partial charge in [-0.3, -0.25) is 4.79 Å². The number of nitrogen functional groups attached to an aromatic ring is 1. The van der Waals surface area contributed by atoms with E-state index in [0.717, 1.165) is 0 Å². The summed E-state index contributed by atoms with van der Waals surface area (Å²) < 4.78 is 5.24. The van der Waals surface area contributed by atoms with E-state index in [-0.39, 0.29) is 35.3 Å². The molecule has 0 bridgehead atoms. The maximum absolute atomic E-state index is 12.6. The number of phenols is 3. The lowest BCUT2D eigenvalue weighted by atomic mass is 10.1. The Labute approximate surface area is 155 Å². The smallest absolute Gasteiger partial charge is 0.334 e. The second-order valence-electron chi connectivity index (χ2n) is 6.39. The molecule has 1 aliphatic heterocycles. The molecular formula is C19H20N2O6. The Bertz CT molecular complexity index is 882. The summed E-state index contributed by atoms with van der Waals surface area (Å²) in [7, 11) is 0. The van der Waals surface area contributed by atoms with Gasteiger partial charge < -0.3 is 30.7 Å². The van der Waals surface area contributed by atoms with Crippen LogP contribution in [0.5, 0.6) is 23.0 Å². The Hall–Kier alpha value is -3.42. The van der Waals surface area contributed by atoms with E-state index in [2.05, 4.69) is 0 Å². The monoisotopic (exact) mass is 372 g/mol. The summed E-state index contributed by atoms with van der Waals surface area (Å²) in [5.41, 5.74) is 6.49. The van der Waals surface area contributed by atoms with Crippen molar-refractivity contribution in [3.8, 4) is 23.0 Å². The van der Waals surface area contributed by atoms with Crippen molar-refractivity contribution in [2.45, 2.75) is 25.3 Å². The standard InChI is InChI=1S/C19H20N2O6/c20-12-4-6-15(23)17(10-12)27-19(26)13-2-1-7-21(13)18(25)9-11-3-5-14(22)16(24)8-11/h3-6,8,10,13,22-24H,1-2,7,9,20H2/t13-/m0/s1. The van der Waals surface area contributed by atoms with Crippen molar-refractivity contribution >= 4 is 17.6 Å². The molecule has 0 unspecified atom stereocenters. The quantitative estimate of drug-likeness (QED) is 0.210. The number of amides is 1. The molecule has 5 N–H and O–H groups in total. The summed E-state index contributed by atoms with van der Waals surface area (Å²) in [5, 5.41) is 28.7. The van der Waals surface area contributed by atoms with Crippen LogP contribution in [0, 0.1) is 0 Å². The second kappa shape index (κ2) is 7.45. The number of benzene rings is 2. The van der Waals surface area contributed by atoms with E-state index in [9.17, 15) is 24.9 Å². The molecule has 27 heavy (non-hydrogen) atoms. The van der Waals surface area contributed by atoms with Crippen LogP contribution in [0.1, 0.15) is 18.4 Å². The molecule has 1 atom stereocenters. The molecule has 1 saturated heterocycles. The molecule has 2 aromatic carbocycles. The molecule has 0 aromatic heterocycles. The van der Waals surface area contributed by atoms with Crippen LogP contribution < -0.4 is 10.5 Å². The first-order valence-corrected chi connectivity index (χ1v) is 8.45. The van der Waals surface area contributed by atoms with Crippen molar-refractivity contribution in [2.75, 3.05) is 12.3 Å². The highest BCUT2D eigenvalue weighted by Gasteiger charge is 2.35. The maximum atomic E-state index is 12.6. The molecule has 0 aliphatic carbocycles. The number of hydrogen-bond donors (Lipinski definition) is 4. The second-order valence-corrected chi connectivity index (χ2v) is 6.39. The highest BCUT2D eigenvalue weighted by molar-refractivity contribution is 5.87. The molecule has 8 heteroatoms. The Morgan fingerprint density at radius 3 is 2.56 bits per heavy atom. The topological polar surface area (TPSA) is 133 Å². The van der Waals surface area contributed by atoms with Gasteiger partial charge in [-0.1, -0.05) is 6.07 Å². The third kappa shape index (κ3) is 4.05. The number of carbonyl (C=O) groups excluding carboxylic acids is 2. The van der Waals surface area contributed by atoms with E-state index in [4.69, 9.17) is 10.5 Å². The van der Waals surface area contributed by atoms with E-state index >= 15 is 0 Å². The summed E-state index contributed by atoms with van der Waals surface area (Å²) in [6.45, 7) is 0.408. The zero-order chi connectivity index (χ0) is 19.6. The SMILES string of the molecule is Nc1ccc(O)c(OC(=O)[C@@H]2CCCN2C(=O)Cc2ccc(O)c(O)c2)c1. The summed E-state index contributed by atoms with van der Waals surface area (Å²) in [6, 6.07) is 7.52. The lowest BCUT2D eigenvalue weighted by Crippen LogP contribution is -2.43. The molecule has 2 aromatic rings. The number of carbonyl (C=O) groups is 2. The van der Waals surface area contributed by atoms with Gasteiger partial charge in [-0.2, -0.15) is 0 Å². The van der Waals surface area contributed by atoms with Crippen molar-refractivity contribution in [2.24, 2.45) is 0 Å². The average Bonchev–Trinajstić information content (AvgIpc) is 3.11. The number of nitrogens with zero attached hydrogens (tertiary/aromatic N) is 1. The number of aromatic hydroxyl groups is 3. The van der Waals surface area contributed by atoms with Crippen molar-refractivity contribution in [3.63, 3.8) is 0 Å². The maximum Gasteiger partial charge on any atom is 0.334 e. The highest BCUT2D eigenvalue weighted by atomic mass is 16.5. The van der Waals surface area contributed by atoms with Gasteiger partial charge in [0.05, 0.1) is 6.42 Å². The van der Waals surface area contributed by atoms with Crippen LogP contribution in [-0.2, 0) is 16.0 Å². The molecule has 142 valence electrons. The van der Waals surface area contributed by atoms with Crippen molar-refractivity contribution < 1.29 is 29.6 Å².